The van der Waals surface area contributed by atoms with Crippen LogP contribution in [-0.4, -0.2) is 11.9 Å². The molecule has 0 unspecified atom stereocenters. The maximum absolute atomic E-state index is 6.10. The fraction of sp³-hybridized carbons (Fsp3) is 0.694. The molecule has 0 N–H and O–H groups in total. The molecule has 0 atom stereocenters. The zero-order valence-electron chi connectivity index (χ0n) is 68.4. The third-order valence-electron chi connectivity index (χ3n) is 20.4. The molecule has 3 heteroatoms. The van der Waals surface area contributed by atoms with Crippen LogP contribution in [0.2, 0.25) is 0 Å². The first-order valence-electron chi connectivity index (χ1n) is 44.1. The van der Waals surface area contributed by atoms with Crippen molar-refractivity contribution >= 4 is 23.3 Å². The van der Waals surface area contributed by atoms with Crippen molar-refractivity contribution in [3.8, 4) is 0 Å². The Morgan fingerprint density at radius 2 is 0.436 bits per heavy atom. The van der Waals surface area contributed by atoms with Gasteiger partial charge < -0.3 is 0 Å². The Morgan fingerprint density at radius 1 is 0.228 bits per heavy atom. The van der Waals surface area contributed by atoms with Crippen molar-refractivity contribution in [2.45, 2.75) is 441 Å². The summed E-state index contributed by atoms with van der Waals surface area (Å²) >= 11 is 0. The molecular formula is C98H164N2Pd+2. The maximum atomic E-state index is 6.10. The molecule has 0 saturated carbocycles. The molecule has 0 aliphatic heterocycles. The second-order valence-corrected chi connectivity index (χ2v) is 29.8. The minimum atomic E-state index is 0. The van der Waals surface area contributed by atoms with Crippen LogP contribution in [0.5, 0.6) is 0 Å². The predicted molar refractivity (Wildman–Crippen MR) is 457 cm³/mol. The van der Waals surface area contributed by atoms with Crippen LogP contribution in [0.15, 0.2) is 119 Å². The molecule has 0 heterocycles. The molecule has 101 heavy (non-hydrogen) atoms. The number of aliphatic imine (C=N–C) groups is 2. The van der Waals surface area contributed by atoms with Crippen LogP contribution in [0.25, 0.3) is 0 Å². The Hall–Kier alpha value is -3.64. The first kappa shape index (κ1) is 95.4. The summed E-state index contributed by atoms with van der Waals surface area (Å²) in [6.45, 7) is 21.0. The van der Waals surface area contributed by atoms with Crippen molar-refractivity contribution in [3.05, 3.63) is 154 Å². The van der Waals surface area contributed by atoms with Crippen molar-refractivity contribution in [2.75, 3.05) is 0 Å². The number of unbranched alkanes of at least 4 members (excludes halogenated alkanes) is 33. The number of nitrogens with zero attached hydrogens (tertiary/aromatic N) is 2. The molecule has 2 aromatic rings. The van der Waals surface area contributed by atoms with E-state index in [0.717, 1.165) is 135 Å². The van der Waals surface area contributed by atoms with Crippen LogP contribution in [0.1, 0.15) is 434 Å². The van der Waals surface area contributed by atoms with Gasteiger partial charge in [0.1, 0.15) is 0 Å². The molecule has 0 bridgehead atoms. The Balaban J connectivity index is 0.0000510. The number of rotatable bonds is 70. The van der Waals surface area contributed by atoms with Gasteiger partial charge in [-0.1, -0.05) is 269 Å². The molecule has 0 saturated heterocycles. The number of hydrogen-bond acceptors (Lipinski definition) is 2. The van der Waals surface area contributed by atoms with E-state index >= 15 is 0 Å². The van der Waals surface area contributed by atoms with E-state index in [1.165, 1.54) is 267 Å². The summed E-state index contributed by atoms with van der Waals surface area (Å²) in [6, 6.07) is 5.28. The average Bonchev–Trinajstić information content (AvgIpc) is 0.799. The van der Waals surface area contributed by atoms with E-state index in [4.69, 9.17) is 9.98 Å². The zero-order valence-corrected chi connectivity index (χ0v) is 70.0. The van der Waals surface area contributed by atoms with E-state index in [1.54, 1.807) is 38.9 Å². The largest absolute Gasteiger partial charge is 2.00 e. The van der Waals surface area contributed by atoms with Crippen LogP contribution in [0, 0.1) is 0 Å². The van der Waals surface area contributed by atoms with Crippen LogP contribution < -0.4 is 0 Å². The van der Waals surface area contributed by atoms with Crippen LogP contribution >= 0.6 is 0 Å². The summed E-state index contributed by atoms with van der Waals surface area (Å²) in [6.07, 6.45) is 114. The number of aryl methyl sites for hydroxylation is 2. The smallest absolute Gasteiger partial charge is 0.255 e. The van der Waals surface area contributed by atoms with E-state index in [-0.39, 0.29) is 20.4 Å². The van der Waals surface area contributed by atoms with Crippen LogP contribution in [-0.2, 0) is 71.8 Å². The van der Waals surface area contributed by atoms with Gasteiger partial charge in [0.15, 0.2) is 0 Å². The summed E-state index contributed by atoms with van der Waals surface area (Å²) in [5.74, 6) is 0. The molecule has 2 rings (SSSR count). The SMILES string of the molecule is CCCCC/C=C/CCCc1cc(N=CC(CCCC)=Nc2cc(CCC/C=C/CCCCC)c(CCC/C=C/CCCCC)c(CCC/C=C/CCCCC)c2CCC/C=C/CCCCC)c(CCC/C=C/CCCCC)c(CCC/C=C/CCCCC)c1CCC/C=C/CCCCC.[Pd+2]. The zero-order chi connectivity index (χ0) is 71.9. The third-order valence-corrected chi connectivity index (χ3v) is 20.4. The Labute approximate surface area is 644 Å². The van der Waals surface area contributed by atoms with E-state index in [1.807, 2.05) is 0 Å². The molecule has 0 amide bonds. The fourth-order valence-corrected chi connectivity index (χ4v) is 14.2. The van der Waals surface area contributed by atoms with E-state index < -0.39 is 0 Å². The standard InChI is InChI=1S/C98H164N2.Pd/c1-10-19-28-36-44-52-60-68-76-88-85-97(95(83-74-66-58-50-42-34-25-16-7)93(81-72-64-56-48-40-32-23-14-5)91(88)79-70-62-54-46-38-30-21-12-3)99-87-90(78-27-18-9)100-98-86-89(77-69-61-53-45-37-29-20-11-2)92(80-71-63-55-47-39-31-22-13-4)94(82-73-65-57-49-41-33-24-15-6)96(98)84-75-67-59-51-43-35-26-17-8;/h44-59,85-87H,10-43,60-84H2,1-9H3;/q;+2/b52-44+,53-45+,54-46+,55-47+,56-48+,57-49+,58-50+,59-51+,99-87?,100-90?;. The quantitative estimate of drug-likeness (QED) is 0.0273. The first-order valence-corrected chi connectivity index (χ1v) is 44.1. The molecule has 0 spiro atoms. The first-order chi connectivity index (χ1) is 49.5. The van der Waals surface area contributed by atoms with Gasteiger partial charge in [0.05, 0.1) is 17.1 Å². The Morgan fingerprint density at radius 3 is 0.693 bits per heavy atom. The molecule has 0 aliphatic carbocycles. The van der Waals surface area contributed by atoms with Crippen molar-refractivity contribution in [1.29, 1.82) is 0 Å². The molecule has 0 radical (unpaired) electrons. The van der Waals surface area contributed by atoms with Gasteiger partial charge in [-0.2, -0.15) is 0 Å². The van der Waals surface area contributed by atoms with Crippen LogP contribution in [0.3, 0.4) is 0 Å². The van der Waals surface area contributed by atoms with E-state index in [2.05, 4.69) is 178 Å². The monoisotopic (exact) mass is 1480 g/mol. The van der Waals surface area contributed by atoms with E-state index in [9.17, 15) is 0 Å². The van der Waals surface area contributed by atoms with Gasteiger partial charge in [0.2, 0.25) is 0 Å². The summed E-state index contributed by atoms with van der Waals surface area (Å²) in [5.41, 5.74) is 16.5. The minimum absolute atomic E-state index is 0. The van der Waals surface area contributed by atoms with Gasteiger partial charge in [-0.3, -0.25) is 9.98 Å². The van der Waals surface area contributed by atoms with Crippen molar-refractivity contribution < 1.29 is 20.4 Å². The molecule has 0 aromatic heterocycles. The second kappa shape index (κ2) is 73.3. The normalized spacial score (nSPS) is 12.6. The van der Waals surface area contributed by atoms with Gasteiger partial charge in [-0.15, -0.1) is 0 Å². The molecule has 2 nitrogen and oxygen atoms in total. The second-order valence-electron chi connectivity index (χ2n) is 29.8. The van der Waals surface area contributed by atoms with Crippen LogP contribution in [0.4, 0.5) is 11.4 Å². The van der Waals surface area contributed by atoms with Gasteiger partial charge in [0.25, 0.3) is 0 Å². The fourth-order valence-electron chi connectivity index (χ4n) is 14.2. The maximum Gasteiger partial charge on any atom is 2.00 e. The van der Waals surface area contributed by atoms with Gasteiger partial charge in [0, 0.05) is 6.21 Å². The van der Waals surface area contributed by atoms with Crippen molar-refractivity contribution in [2.24, 2.45) is 9.98 Å². The van der Waals surface area contributed by atoms with Crippen molar-refractivity contribution in [3.63, 3.8) is 0 Å². The number of benzene rings is 2. The minimum Gasteiger partial charge on any atom is -0.255 e. The molecule has 574 valence electrons. The number of allylic oxidation sites excluding steroid dienone is 16. The van der Waals surface area contributed by atoms with Gasteiger partial charge in [-0.05, 0) is 326 Å². The average molecular weight is 1480 g/mol. The Bertz CT molecular complexity index is 2520. The topological polar surface area (TPSA) is 24.7 Å². The summed E-state index contributed by atoms with van der Waals surface area (Å²) in [5, 5.41) is 0. The molecule has 0 aliphatic rings. The Kier molecular flexibility index (Phi) is 69.2. The summed E-state index contributed by atoms with van der Waals surface area (Å²) < 4.78 is 0. The molecular weight excluding hydrogens is 1310 g/mol. The van der Waals surface area contributed by atoms with Gasteiger partial charge in [-0.25, -0.2) is 0 Å². The van der Waals surface area contributed by atoms with E-state index in [0.29, 0.717) is 0 Å². The molecule has 2 aromatic carbocycles. The number of hydrogen-bond donors (Lipinski definition) is 0. The third kappa shape index (κ3) is 51.3. The predicted octanol–water partition coefficient (Wildman–Crippen LogP) is 33.0. The van der Waals surface area contributed by atoms with Gasteiger partial charge >= 0.3 is 20.4 Å². The summed E-state index contributed by atoms with van der Waals surface area (Å²) in [4.78, 5) is 12.0. The van der Waals surface area contributed by atoms with Crippen molar-refractivity contribution in [1.82, 2.24) is 0 Å². The summed E-state index contributed by atoms with van der Waals surface area (Å²) in [7, 11) is 0. The molecule has 0 fully saturated rings.